The summed E-state index contributed by atoms with van der Waals surface area (Å²) in [7, 11) is 0. The molecule has 0 aliphatic heterocycles. The van der Waals surface area contributed by atoms with Gasteiger partial charge >= 0.3 is 5.97 Å². The molecule has 0 aliphatic rings. The maximum absolute atomic E-state index is 12.6. The number of fused-ring (bicyclic) bond motifs is 1. The molecule has 1 aromatic carbocycles. The van der Waals surface area contributed by atoms with Crippen molar-refractivity contribution >= 4 is 44.8 Å². The highest BCUT2D eigenvalue weighted by atomic mass is 32.1. The number of esters is 1. The Morgan fingerprint density at radius 3 is 2.58 bits per heavy atom. The number of carbonyl (C=O) groups is 2. The lowest BCUT2D eigenvalue weighted by molar-refractivity contribution is -0.147. The lowest BCUT2D eigenvalue weighted by atomic mass is 10.2. The summed E-state index contributed by atoms with van der Waals surface area (Å²) in [6, 6.07) is 10.9. The first-order valence-corrected chi connectivity index (χ1v) is 10.1. The van der Waals surface area contributed by atoms with E-state index in [1.807, 2.05) is 48.7 Å². The first kappa shape index (κ1) is 18.5. The van der Waals surface area contributed by atoms with Gasteiger partial charge in [0.25, 0.3) is 5.91 Å². The minimum Gasteiger partial charge on any atom is -0.464 e. The number of benzene rings is 1. The molecule has 0 bridgehead atoms. The predicted molar refractivity (Wildman–Crippen MR) is 105 cm³/mol. The number of para-hydroxylation sites is 1. The summed E-state index contributed by atoms with van der Waals surface area (Å²) in [4.78, 5) is 31.6. The van der Waals surface area contributed by atoms with E-state index in [-0.39, 0.29) is 11.9 Å². The van der Waals surface area contributed by atoms with Crippen molar-refractivity contribution in [1.29, 1.82) is 0 Å². The molecule has 0 spiro atoms. The average molecular weight is 389 g/mol. The van der Waals surface area contributed by atoms with Crippen molar-refractivity contribution in [2.75, 3.05) is 6.61 Å². The van der Waals surface area contributed by atoms with Crippen molar-refractivity contribution in [3.8, 4) is 0 Å². The molecule has 5 nitrogen and oxygen atoms in total. The van der Waals surface area contributed by atoms with Crippen LogP contribution >= 0.6 is 22.7 Å². The second-order valence-corrected chi connectivity index (χ2v) is 8.02. The Labute approximate surface area is 159 Å². The zero-order valence-corrected chi connectivity index (χ0v) is 16.5. The van der Waals surface area contributed by atoms with Gasteiger partial charge in [-0.05, 0) is 44.5 Å². The molecule has 0 aliphatic carbocycles. The van der Waals surface area contributed by atoms with Gasteiger partial charge in [-0.1, -0.05) is 30.4 Å². The van der Waals surface area contributed by atoms with Crippen molar-refractivity contribution in [2.45, 2.75) is 33.2 Å². The summed E-state index contributed by atoms with van der Waals surface area (Å²) in [5.74, 6) is -0.596. The van der Waals surface area contributed by atoms with Gasteiger partial charge in [-0.15, -0.1) is 11.3 Å². The number of amides is 1. The van der Waals surface area contributed by atoms with E-state index < -0.39 is 6.04 Å². The van der Waals surface area contributed by atoms with E-state index >= 15 is 0 Å². The predicted octanol–water partition coefficient (Wildman–Crippen LogP) is 4.33. The molecule has 1 atom stereocenters. The standard InChI is InChI=1S/C19H20N2O3S2/c1-4-13(18(23)24-5-2)21-14-8-6-7-9-15(14)26-19(21)20-17(22)16-11-10-12(3)25-16/h6-11,13H,4-5H2,1-3H3/b20-19+. The summed E-state index contributed by atoms with van der Waals surface area (Å²) >= 11 is 2.82. The molecule has 2 aromatic heterocycles. The van der Waals surface area contributed by atoms with Gasteiger partial charge < -0.3 is 9.30 Å². The number of aromatic nitrogens is 1. The average Bonchev–Trinajstić information content (AvgIpc) is 3.20. The van der Waals surface area contributed by atoms with E-state index in [4.69, 9.17) is 4.74 Å². The molecule has 26 heavy (non-hydrogen) atoms. The van der Waals surface area contributed by atoms with Crippen LogP contribution in [0.3, 0.4) is 0 Å². The second-order valence-electron chi connectivity index (χ2n) is 5.73. The van der Waals surface area contributed by atoms with E-state index in [9.17, 15) is 9.59 Å². The Kier molecular flexibility index (Phi) is 5.68. The molecular formula is C19H20N2O3S2. The number of hydrogen-bond acceptors (Lipinski definition) is 5. The normalized spacial score (nSPS) is 13.1. The van der Waals surface area contributed by atoms with Crippen LogP contribution in [0.25, 0.3) is 10.2 Å². The molecule has 1 unspecified atom stereocenters. The lowest BCUT2D eigenvalue weighted by Crippen LogP contribution is -2.29. The van der Waals surface area contributed by atoms with E-state index in [2.05, 4.69) is 4.99 Å². The van der Waals surface area contributed by atoms with Crippen LogP contribution in [0.15, 0.2) is 41.4 Å². The molecule has 2 heterocycles. The topological polar surface area (TPSA) is 60.7 Å². The number of rotatable bonds is 5. The van der Waals surface area contributed by atoms with Crippen molar-refractivity contribution in [3.63, 3.8) is 0 Å². The zero-order valence-electron chi connectivity index (χ0n) is 14.9. The number of thiophene rings is 1. The Bertz CT molecular complexity index is 1010. The van der Waals surface area contributed by atoms with Crippen LogP contribution in [0.2, 0.25) is 0 Å². The quantitative estimate of drug-likeness (QED) is 0.611. The second kappa shape index (κ2) is 7.97. The molecule has 0 N–H and O–H groups in total. The molecule has 3 aromatic rings. The van der Waals surface area contributed by atoms with Crippen LogP contribution in [0, 0.1) is 6.92 Å². The number of aryl methyl sites for hydroxylation is 1. The fourth-order valence-electron chi connectivity index (χ4n) is 2.76. The third-order valence-electron chi connectivity index (χ3n) is 3.94. The van der Waals surface area contributed by atoms with Gasteiger partial charge in [0.05, 0.1) is 21.7 Å². The van der Waals surface area contributed by atoms with Crippen molar-refractivity contribution < 1.29 is 14.3 Å². The summed E-state index contributed by atoms with van der Waals surface area (Å²) in [6.45, 7) is 5.98. The van der Waals surface area contributed by atoms with Crippen LogP contribution in [0.1, 0.15) is 40.9 Å². The third kappa shape index (κ3) is 3.64. The first-order valence-electron chi connectivity index (χ1n) is 8.47. The van der Waals surface area contributed by atoms with Crippen LogP contribution in [0.5, 0.6) is 0 Å². The third-order valence-corrected chi connectivity index (χ3v) is 5.96. The fourth-order valence-corrected chi connectivity index (χ4v) is 4.57. The molecule has 0 saturated heterocycles. The van der Waals surface area contributed by atoms with E-state index in [0.29, 0.717) is 22.7 Å². The Morgan fingerprint density at radius 2 is 1.92 bits per heavy atom. The fraction of sp³-hybridized carbons (Fsp3) is 0.316. The molecule has 3 rings (SSSR count). The van der Waals surface area contributed by atoms with Gasteiger partial charge in [-0.2, -0.15) is 4.99 Å². The maximum Gasteiger partial charge on any atom is 0.329 e. The minimum absolute atomic E-state index is 0.290. The van der Waals surface area contributed by atoms with Crippen LogP contribution in [-0.2, 0) is 9.53 Å². The van der Waals surface area contributed by atoms with Gasteiger partial charge in [0.15, 0.2) is 4.80 Å². The number of carbonyl (C=O) groups excluding carboxylic acids is 2. The van der Waals surface area contributed by atoms with Gasteiger partial charge in [0, 0.05) is 4.88 Å². The maximum atomic E-state index is 12.6. The highest BCUT2D eigenvalue weighted by Gasteiger charge is 2.24. The summed E-state index contributed by atoms with van der Waals surface area (Å²) in [5.41, 5.74) is 0.881. The van der Waals surface area contributed by atoms with Crippen molar-refractivity contribution in [1.82, 2.24) is 4.57 Å². The molecule has 0 saturated carbocycles. The van der Waals surface area contributed by atoms with Crippen LogP contribution in [0.4, 0.5) is 0 Å². The minimum atomic E-state index is -0.511. The zero-order chi connectivity index (χ0) is 18.7. The molecular weight excluding hydrogens is 368 g/mol. The van der Waals surface area contributed by atoms with Gasteiger partial charge in [0.2, 0.25) is 0 Å². The van der Waals surface area contributed by atoms with E-state index in [1.54, 1.807) is 13.0 Å². The Hall–Kier alpha value is -2.25. The van der Waals surface area contributed by atoms with E-state index in [0.717, 1.165) is 15.1 Å². The summed E-state index contributed by atoms with van der Waals surface area (Å²) < 4.78 is 8.04. The number of thiazole rings is 1. The SMILES string of the molecule is CCOC(=O)C(CC)n1/c(=N\C(=O)c2ccc(C)s2)sc2ccccc21. The van der Waals surface area contributed by atoms with Crippen molar-refractivity contribution in [3.05, 3.63) is 51.0 Å². The number of ether oxygens (including phenoxy) is 1. The van der Waals surface area contributed by atoms with E-state index in [1.165, 1.54) is 22.7 Å². The smallest absolute Gasteiger partial charge is 0.329 e. The molecule has 136 valence electrons. The lowest BCUT2D eigenvalue weighted by Gasteiger charge is -2.16. The van der Waals surface area contributed by atoms with Gasteiger partial charge in [-0.25, -0.2) is 4.79 Å². The Balaban J connectivity index is 2.17. The number of hydrogen-bond donors (Lipinski definition) is 0. The molecule has 7 heteroatoms. The van der Waals surface area contributed by atoms with Gasteiger partial charge in [-0.3, -0.25) is 4.79 Å². The monoisotopic (exact) mass is 388 g/mol. The van der Waals surface area contributed by atoms with Gasteiger partial charge in [0.1, 0.15) is 6.04 Å². The molecule has 0 radical (unpaired) electrons. The molecule has 0 fully saturated rings. The van der Waals surface area contributed by atoms with Crippen LogP contribution < -0.4 is 4.80 Å². The summed E-state index contributed by atoms with van der Waals surface area (Å²) in [6.07, 6.45) is 0.555. The summed E-state index contributed by atoms with van der Waals surface area (Å²) in [5, 5.41) is 0. The van der Waals surface area contributed by atoms with Crippen molar-refractivity contribution in [2.24, 2.45) is 4.99 Å². The largest absolute Gasteiger partial charge is 0.464 e. The first-order chi connectivity index (χ1) is 12.5. The number of nitrogens with zero attached hydrogens (tertiary/aromatic N) is 2. The Morgan fingerprint density at radius 1 is 1.15 bits per heavy atom. The highest BCUT2D eigenvalue weighted by molar-refractivity contribution is 7.16. The highest BCUT2D eigenvalue weighted by Crippen LogP contribution is 2.24. The molecule has 1 amide bonds. The van der Waals surface area contributed by atoms with Crippen LogP contribution in [-0.4, -0.2) is 23.1 Å².